The van der Waals surface area contributed by atoms with Gasteiger partial charge in [-0.25, -0.2) is 0 Å². The first-order chi connectivity index (χ1) is 10.9. The Balaban J connectivity index is 1.44. The highest BCUT2D eigenvalue weighted by Crippen LogP contribution is 2.29. The zero-order valence-corrected chi connectivity index (χ0v) is 14.8. The summed E-state index contributed by atoms with van der Waals surface area (Å²) in [6.45, 7) is 0. The molecular formula is C21H32S. The second-order valence-corrected chi connectivity index (χ2v) is 7.13. The molecule has 0 amide bonds. The minimum atomic E-state index is 0.608. The number of unbranched alkanes of at least 4 members (excludes halogenated alkanes) is 8. The van der Waals surface area contributed by atoms with Gasteiger partial charge < -0.3 is 0 Å². The summed E-state index contributed by atoms with van der Waals surface area (Å²) in [5.74, 6) is 2.27. The molecule has 22 heavy (non-hydrogen) atoms. The van der Waals surface area contributed by atoms with Gasteiger partial charge in [-0.3, -0.25) is 0 Å². The van der Waals surface area contributed by atoms with Gasteiger partial charge in [-0.1, -0.05) is 93.1 Å². The van der Waals surface area contributed by atoms with Gasteiger partial charge in [0, 0.05) is 11.8 Å². The smallest absolute Gasteiger partial charge is 0.00534 e. The number of rotatable bonds is 12. The van der Waals surface area contributed by atoms with E-state index in [1.165, 1.54) is 64.2 Å². The fraction of sp³-hybridized carbons (Fsp3) is 0.619. The van der Waals surface area contributed by atoms with E-state index in [-0.39, 0.29) is 0 Å². The first-order valence-electron chi connectivity index (χ1n) is 9.25. The highest BCUT2D eigenvalue weighted by atomic mass is 32.1. The molecule has 1 unspecified atom stereocenters. The Morgan fingerprint density at radius 2 is 1.27 bits per heavy atom. The van der Waals surface area contributed by atoms with Crippen LogP contribution in [0.2, 0.25) is 0 Å². The SMILES string of the molecule is SCCCCCCCCCCCC1=CC(C2C=CC=C2)C=C1. The Bertz CT molecular complexity index is 402. The van der Waals surface area contributed by atoms with E-state index in [1.54, 1.807) is 5.57 Å². The topological polar surface area (TPSA) is 0 Å². The normalized spacial score (nSPS) is 20.2. The first-order valence-corrected chi connectivity index (χ1v) is 9.88. The van der Waals surface area contributed by atoms with E-state index in [9.17, 15) is 0 Å². The van der Waals surface area contributed by atoms with Crippen molar-refractivity contribution in [2.75, 3.05) is 5.75 Å². The average molecular weight is 317 g/mol. The van der Waals surface area contributed by atoms with Gasteiger partial charge in [-0.2, -0.15) is 12.6 Å². The molecule has 0 heterocycles. The van der Waals surface area contributed by atoms with Crippen molar-refractivity contribution in [3.8, 4) is 0 Å². The van der Waals surface area contributed by atoms with Crippen molar-refractivity contribution >= 4 is 12.6 Å². The Morgan fingerprint density at radius 3 is 1.91 bits per heavy atom. The summed E-state index contributed by atoms with van der Waals surface area (Å²) in [5.41, 5.74) is 1.56. The Kier molecular flexibility index (Phi) is 8.78. The Labute approximate surface area is 142 Å². The van der Waals surface area contributed by atoms with Crippen LogP contribution in [0.25, 0.3) is 0 Å². The lowest BCUT2D eigenvalue weighted by Gasteiger charge is -2.09. The van der Waals surface area contributed by atoms with Crippen LogP contribution in [0.3, 0.4) is 0 Å². The van der Waals surface area contributed by atoms with E-state index >= 15 is 0 Å². The van der Waals surface area contributed by atoms with Crippen molar-refractivity contribution in [3.05, 3.63) is 48.1 Å². The third-order valence-corrected chi connectivity index (χ3v) is 5.10. The Hall–Kier alpha value is -0.690. The van der Waals surface area contributed by atoms with Crippen LogP contribution < -0.4 is 0 Å². The first kappa shape index (κ1) is 17.7. The van der Waals surface area contributed by atoms with E-state index in [0.29, 0.717) is 11.8 Å². The molecule has 0 radical (unpaired) electrons. The summed E-state index contributed by atoms with van der Waals surface area (Å²) in [7, 11) is 0. The lowest BCUT2D eigenvalue weighted by Crippen LogP contribution is -2.01. The van der Waals surface area contributed by atoms with E-state index in [1.807, 2.05) is 0 Å². The molecule has 0 N–H and O–H groups in total. The van der Waals surface area contributed by atoms with Crippen molar-refractivity contribution in [2.24, 2.45) is 11.8 Å². The molecule has 0 fully saturated rings. The second-order valence-electron chi connectivity index (χ2n) is 6.68. The van der Waals surface area contributed by atoms with Crippen molar-refractivity contribution in [2.45, 2.75) is 64.2 Å². The second kappa shape index (κ2) is 10.9. The molecule has 0 nitrogen and oxygen atoms in total. The zero-order valence-electron chi connectivity index (χ0n) is 13.9. The number of hydrogen-bond donors (Lipinski definition) is 1. The fourth-order valence-electron chi connectivity index (χ4n) is 3.38. The van der Waals surface area contributed by atoms with E-state index < -0.39 is 0 Å². The van der Waals surface area contributed by atoms with Crippen LogP contribution in [-0.4, -0.2) is 5.75 Å². The standard InChI is InChI=1S/C21H32S/c22-17-11-7-5-3-1-2-4-6-8-12-19-15-16-21(18-19)20-13-9-10-14-20/h9-10,13-16,18,20-22H,1-8,11-12,17H2. The summed E-state index contributed by atoms with van der Waals surface area (Å²) in [5, 5.41) is 0. The lowest BCUT2D eigenvalue weighted by atomic mass is 9.95. The molecule has 2 rings (SSSR count). The van der Waals surface area contributed by atoms with Crippen LogP contribution in [-0.2, 0) is 0 Å². The monoisotopic (exact) mass is 316 g/mol. The lowest BCUT2D eigenvalue weighted by molar-refractivity contribution is 0.566. The minimum Gasteiger partial charge on any atom is -0.179 e. The fourth-order valence-corrected chi connectivity index (χ4v) is 3.61. The van der Waals surface area contributed by atoms with Gasteiger partial charge in [0.2, 0.25) is 0 Å². The summed E-state index contributed by atoms with van der Waals surface area (Å²) < 4.78 is 0. The molecule has 0 aliphatic heterocycles. The maximum absolute atomic E-state index is 4.25. The molecule has 2 aliphatic carbocycles. The van der Waals surface area contributed by atoms with Gasteiger partial charge in [0.25, 0.3) is 0 Å². The molecule has 0 aromatic rings. The molecule has 1 atom stereocenters. The third kappa shape index (κ3) is 6.60. The van der Waals surface area contributed by atoms with Gasteiger partial charge >= 0.3 is 0 Å². The van der Waals surface area contributed by atoms with Gasteiger partial charge in [0.15, 0.2) is 0 Å². The number of allylic oxidation sites excluding steroid dienone is 8. The van der Waals surface area contributed by atoms with Crippen LogP contribution >= 0.6 is 12.6 Å². The van der Waals surface area contributed by atoms with Gasteiger partial charge in [0.05, 0.1) is 0 Å². The van der Waals surface area contributed by atoms with E-state index in [0.717, 1.165) is 5.75 Å². The van der Waals surface area contributed by atoms with Crippen molar-refractivity contribution < 1.29 is 0 Å². The molecule has 0 aromatic carbocycles. The van der Waals surface area contributed by atoms with E-state index in [4.69, 9.17) is 0 Å². The molecule has 0 saturated carbocycles. The van der Waals surface area contributed by atoms with Crippen LogP contribution in [0.1, 0.15) is 64.2 Å². The Morgan fingerprint density at radius 1 is 0.682 bits per heavy atom. The molecule has 122 valence electrons. The zero-order chi connectivity index (χ0) is 15.5. The number of thiol groups is 1. The van der Waals surface area contributed by atoms with Crippen LogP contribution in [0.4, 0.5) is 0 Å². The quantitative estimate of drug-likeness (QED) is 0.301. The average Bonchev–Trinajstić information content (AvgIpc) is 3.19. The summed E-state index contributed by atoms with van der Waals surface area (Å²) in [6, 6.07) is 0. The molecule has 0 saturated heterocycles. The van der Waals surface area contributed by atoms with Crippen LogP contribution in [0.15, 0.2) is 48.1 Å². The highest BCUT2D eigenvalue weighted by Gasteiger charge is 2.17. The third-order valence-electron chi connectivity index (χ3n) is 4.78. The van der Waals surface area contributed by atoms with Gasteiger partial charge in [-0.15, -0.1) is 0 Å². The van der Waals surface area contributed by atoms with Gasteiger partial charge in [-0.05, 0) is 25.0 Å². The van der Waals surface area contributed by atoms with Crippen molar-refractivity contribution in [3.63, 3.8) is 0 Å². The molecular weight excluding hydrogens is 284 g/mol. The maximum atomic E-state index is 4.25. The summed E-state index contributed by atoms with van der Waals surface area (Å²) in [4.78, 5) is 0. The number of hydrogen-bond acceptors (Lipinski definition) is 1. The van der Waals surface area contributed by atoms with Crippen molar-refractivity contribution in [1.29, 1.82) is 0 Å². The summed E-state index contributed by atoms with van der Waals surface area (Å²) in [6.07, 6.45) is 30.0. The van der Waals surface area contributed by atoms with Gasteiger partial charge in [0.1, 0.15) is 0 Å². The van der Waals surface area contributed by atoms with E-state index in [2.05, 4.69) is 55.2 Å². The molecule has 0 aromatic heterocycles. The predicted octanol–water partition coefficient (Wildman–Crippen LogP) is 6.67. The largest absolute Gasteiger partial charge is 0.179 e. The molecule has 2 aliphatic rings. The minimum absolute atomic E-state index is 0.608. The van der Waals surface area contributed by atoms with Crippen LogP contribution in [0, 0.1) is 11.8 Å². The molecule has 0 spiro atoms. The predicted molar refractivity (Wildman–Crippen MR) is 103 cm³/mol. The molecule has 0 bridgehead atoms. The maximum Gasteiger partial charge on any atom is 0.00534 e. The van der Waals surface area contributed by atoms with Crippen LogP contribution in [0.5, 0.6) is 0 Å². The summed E-state index contributed by atoms with van der Waals surface area (Å²) >= 11 is 4.25. The van der Waals surface area contributed by atoms with Crippen molar-refractivity contribution in [1.82, 2.24) is 0 Å². The highest BCUT2D eigenvalue weighted by molar-refractivity contribution is 7.80. The molecule has 1 heteroatoms.